The normalized spacial score (nSPS) is 18.4. The Bertz CT molecular complexity index is 770. The van der Waals surface area contributed by atoms with Crippen LogP contribution in [-0.2, 0) is 28.8 Å². The van der Waals surface area contributed by atoms with Crippen molar-refractivity contribution >= 4 is 5.91 Å². The van der Waals surface area contributed by atoms with Crippen LogP contribution in [0.15, 0.2) is 24.4 Å². The predicted molar refractivity (Wildman–Crippen MR) is 106 cm³/mol. The molecule has 0 spiro atoms. The maximum atomic E-state index is 12.5. The fourth-order valence-electron chi connectivity index (χ4n) is 4.17. The highest BCUT2D eigenvalue weighted by Crippen LogP contribution is 2.23. The molecule has 2 aliphatic rings. The first-order chi connectivity index (χ1) is 13.8. The van der Waals surface area contributed by atoms with Crippen LogP contribution in [0.5, 0.6) is 0 Å². The molecule has 1 unspecified atom stereocenters. The topological polar surface area (TPSA) is 83.1 Å². The van der Waals surface area contributed by atoms with Crippen molar-refractivity contribution in [3.8, 4) is 0 Å². The highest BCUT2D eigenvalue weighted by atomic mass is 16.5. The SMILES string of the molecule is O=C(CCc1n[nH]c2c1CCCC2)NCC(c1ccccn1)N1CCOCC1. The maximum Gasteiger partial charge on any atom is 0.220 e. The minimum atomic E-state index is 0.0711. The maximum absolute atomic E-state index is 12.5. The second-order valence-corrected chi connectivity index (χ2v) is 7.56. The number of hydrogen-bond acceptors (Lipinski definition) is 5. The summed E-state index contributed by atoms with van der Waals surface area (Å²) in [6.45, 7) is 3.73. The van der Waals surface area contributed by atoms with E-state index < -0.39 is 0 Å². The number of nitrogens with zero attached hydrogens (tertiary/aromatic N) is 3. The fourth-order valence-corrected chi connectivity index (χ4v) is 4.17. The molecule has 0 radical (unpaired) electrons. The Hall–Kier alpha value is -2.25. The molecule has 3 heterocycles. The summed E-state index contributed by atoms with van der Waals surface area (Å²) in [5.74, 6) is 0.0711. The van der Waals surface area contributed by atoms with Gasteiger partial charge in [-0.1, -0.05) is 6.07 Å². The molecule has 2 aromatic rings. The van der Waals surface area contributed by atoms with Crippen molar-refractivity contribution in [2.24, 2.45) is 0 Å². The molecule has 1 fully saturated rings. The summed E-state index contributed by atoms with van der Waals surface area (Å²) in [6.07, 6.45) is 7.59. The van der Waals surface area contributed by atoms with E-state index in [0.717, 1.165) is 50.5 Å². The van der Waals surface area contributed by atoms with Crippen molar-refractivity contribution in [1.82, 2.24) is 25.4 Å². The Kier molecular flexibility index (Phi) is 6.34. The van der Waals surface area contributed by atoms with Gasteiger partial charge in [-0.15, -0.1) is 0 Å². The number of morpholine rings is 1. The van der Waals surface area contributed by atoms with Gasteiger partial charge in [-0.3, -0.25) is 19.8 Å². The summed E-state index contributed by atoms with van der Waals surface area (Å²) >= 11 is 0. The number of carbonyl (C=O) groups is 1. The Morgan fingerprint density at radius 2 is 2.11 bits per heavy atom. The van der Waals surface area contributed by atoms with Crippen molar-refractivity contribution in [2.75, 3.05) is 32.8 Å². The first kappa shape index (κ1) is 19.1. The third-order valence-corrected chi connectivity index (χ3v) is 5.74. The van der Waals surface area contributed by atoms with E-state index in [1.165, 1.54) is 24.1 Å². The van der Waals surface area contributed by atoms with E-state index in [1.807, 2.05) is 24.4 Å². The predicted octanol–water partition coefficient (Wildman–Crippen LogP) is 1.81. The molecule has 7 nitrogen and oxygen atoms in total. The molecular weight excluding hydrogens is 354 g/mol. The highest BCUT2D eigenvalue weighted by molar-refractivity contribution is 5.76. The number of amides is 1. The standard InChI is InChI=1S/C21H29N5O2/c27-21(9-8-18-16-5-1-2-6-17(16)24-25-18)23-15-20(19-7-3-4-10-22-19)26-11-13-28-14-12-26/h3-4,7,10,20H,1-2,5-6,8-9,11-15H2,(H,23,27)(H,24,25). The van der Waals surface area contributed by atoms with Crippen LogP contribution in [0.2, 0.25) is 0 Å². The zero-order valence-electron chi connectivity index (χ0n) is 16.3. The summed E-state index contributed by atoms with van der Waals surface area (Å²) in [5.41, 5.74) is 4.67. The number of carbonyl (C=O) groups excluding carboxylic acids is 1. The number of aryl methyl sites for hydroxylation is 2. The number of hydrogen-bond donors (Lipinski definition) is 2. The van der Waals surface area contributed by atoms with Gasteiger partial charge in [0, 0.05) is 44.4 Å². The smallest absolute Gasteiger partial charge is 0.220 e. The number of rotatable bonds is 7. The third kappa shape index (κ3) is 4.59. The van der Waals surface area contributed by atoms with Gasteiger partial charge in [0.1, 0.15) is 0 Å². The summed E-state index contributed by atoms with van der Waals surface area (Å²) in [5, 5.41) is 10.7. The second kappa shape index (κ2) is 9.30. The van der Waals surface area contributed by atoms with Gasteiger partial charge in [-0.2, -0.15) is 5.10 Å². The van der Waals surface area contributed by atoms with E-state index in [9.17, 15) is 4.79 Å². The fraction of sp³-hybridized carbons (Fsp3) is 0.571. The number of H-pyrrole nitrogens is 1. The molecule has 0 bridgehead atoms. The van der Waals surface area contributed by atoms with Crippen molar-refractivity contribution in [3.63, 3.8) is 0 Å². The van der Waals surface area contributed by atoms with Crippen LogP contribution in [-0.4, -0.2) is 58.8 Å². The Morgan fingerprint density at radius 3 is 2.93 bits per heavy atom. The van der Waals surface area contributed by atoms with Crippen LogP contribution in [0.4, 0.5) is 0 Å². The molecule has 7 heteroatoms. The molecule has 0 aromatic carbocycles. The Morgan fingerprint density at radius 1 is 1.25 bits per heavy atom. The number of aromatic amines is 1. The second-order valence-electron chi connectivity index (χ2n) is 7.56. The van der Waals surface area contributed by atoms with Crippen LogP contribution in [0, 0.1) is 0 Å². The van der Waals surface area contributed by atoms with Crippen LogP contribution in [0.3, 0.4) is 0 Å². The van der Waals surface area contributed by atoms with Gasteiger partial charge in [0.15, 0.2) is 0 Å². The van der Waals surface area contributed by atoms with Crippen molar-refractivity contribution in [3.05, 3.63) is 47.0 Å². The Balaban J connectivity index is 1.33. The van der Waals surface area contributed by atoms with E-state index in [-0.39, 0.29) is 11.9 Å². The van der Waals surface area contributed by atoms with Gasteiger partial charge in [0.25, 0.3) is 0 Å². The molecule has 1 saturated heterocycles. The molecule has 0 saturated carbocycles. The summed E-state index contributed by atoms with van der Waals surface area (Å²) in [7, 11) is 0. The Labute approximate surface area is 165 Å². The molecule has 150 valence electrons. The van der Waals surface area contributed by atoms with E-state index in [0.29, 0.717) is 19.4 Å². The van der Waals surface area contributed by atoms with E-state index in [2.05, 4.69) is 25.4 Å². The van der Waals surface area contributed by atoms with Gasteiger partial charge in [0.05, 0.1) is 30.6 Å². The van der Waals surface area contributed by atoms with Crippen LogP contribution in [0.25, 0.3) is 0 Å². The molecule has 28 heavy (non-hydrogen) atoms. The number of aromatic nitrogens is 3. The van der Waals surface area contributed by atoms with Crippen LogP contribution >= 0.6 is 0 Å². The molecule has 2 N–H and O–H groups in total. The first-order valence-electron chi connectivity index (χ1n) is 10.4. The lowest BCUT2D eigenvalue weighted by Gasteiger charge is -2.34. The minimum Gasteiger partial charge on any atom is -0.379 e. The van der Waals surface area contributed by atoms with Gasteiger partial charge in [0.2, 0.25) is 5.91 Å². The van der Waals surface area contributed by atoms with Crippen molar-refractivity contribution in [2.45, 2.75) is 44.6 Å². The zero-order chi connectivity index (χ0) is 19.2. The van der Waals surface area contributed by atoms with Crippen LogP contribution in [0.1, 0.15) is 47.9 Å². The molecule has 1 amide bonds. The van der Waals surface area contributed by atoms with Crippen molar-refractivity contribution < 1.29 is 9.53 Å². The molecular formula is C21H29N5O2. The van der Waals surface area contributed by atoms with E-state index >= 15 is 0 Å². The molecule has 2 aromatic heterocycles. The lowest BCUT2D eigenvalue weighted by molar-refractivity contribution is -0.121. The van der Waals surface area contributed by atoms with Crippen LogP contribution < -0.4 is 5.32 Å². The first-order valence-corrected chi connectivity index (χ1v) is 10.4. The van der Waals surface area contributed by atoms with E-state index in [1.54, 1.807) is 0 Å². The molecule has 4 rings (SSSR count). The number of fused-ring (bicyclic) bond motifs is 1. The molecule has 1 aliphatic heterocycles. The lowest BCUT2D eigenvalue weighted by atomic mass is 9.94. The molecule has 1 atom stereocenters. The third-order valence-electron chi connectivity index (χ3n) is 5.74. The summed E-state index contributed by atoms with van der Waals surface area (Å²) in [4.78, 5) is 19.4. The average molecular weight is 383 g/mol. The van der Waals surface area contributed by atoms with E-state index in [4.69, 9.17) is 4.74 Å². The number of nitrogens with one attached hydrogen (secondary N) is 2. The molecule has 1 aliphatic carbocycles. The largest absolute Gasteiger partial charge is 0.379 e. The zero-order valence-corrected chi connectivity index (χ0v) is 16.3. The lowest BCUT2D eigenvalue weighted by Crippen LogP contribution is -2.44. The summed E-state index contributed by atoms with van der Waals surface area (Å²) < 4.78 is 5.48. The van der Waals surface area contributed by atoms with Gasteiger partial charge in [-0.05, 0) is 43.4 Å². The number of ether oxygens (including phenoxy) is 1. The summed E-state index contributed by atoms with van der Waals surface area (Å²) in [6, 6.07) is 6.02. The van der Waals surface area contributed by atoms with Crippen molar-refractivity contribution in [1.29, 1.82) is 0 Å². The van der Waals surface area contributed by atoms with Gasteiger partial charge >= 0.3 is 0 Å². The minimum absolute atomic E-state index is 0.0711. The quantitative estimate of drug-likeness (QED) is 0.762. The van der Waals surface area contributed by atoms with Gasteiger partial charge in [-0.25, -0.2) is 0 Å². The average Bonchev–Trinajstić information content (AvgIpc) is 3.17. The highest BCUT2D eigenvalue weighted by Gasteiger charge is 2.24. The van der Waals surface area contributed by atoms with Gasteiger partial charge < -0.3 is 10.1 Å². The number of pyridine rings is 1. The monoisotopic (exact) mass is 383 g/mol.